The predicted octanol–water partition coefficient (Wildman–Crippen LogP) is 0.858. The van der Waals surface area contributed by atoms with Crippen LogP contribution in [0.5, 0.6) is 5.75 Å². The highest BCUT2D eigenvalue weighted by Gasteiger charge is 2.17. The largest absolute Gasteiger partial charge is 0.496 e. The molecular weight excluding hydrogens is 197 g/mol. The molecule has 84 valence electrons. The summed E-state index contributed by atoms with van der Waals surface area (Å²) < 4.78 is 18.2. The van der Waals surface area contributed by atoms with Gasteiger partial charge in [-0.05, 0) is 32.3 Å². The first-order valence-electron chi connectivity index (χ1n) is 4.56. The summed E-state index contributed by atoms with van der Waals surface area (Å²) in [6.45, 7) is 0. The van der Waals surface area contributed by atoms with Gasteiger partial charge in [0.25, 0.3) is 0 Å². The highest BCUT2D eigenvalue weighted by Crippen LogP contribution is 2.26. The monoisotopic (exact) mass is 213 g/mol. The number of rotatable bonds is 4. The Morgan fingerprint density at radius 1 is 1.47 bits per heavy atom. The lowest BCUT2D eigenvalue weighted by Gasteiger charge is -2.25. The summed E-state index contributed by atoms with van der Waals surface area (Å²) in [5.74, 6) is 5.70. The van der Waals surface area contributed by atoms with Gasteiger partial charge in [-0.15, -0.1) is 0 Å². The quantitative estimate of drug-likeness (QED) is 0.442. The molecule has 0 saturated carbocycles. The molecule has 0 aliphatic heterocycles. The average Bonchev–Trinajstić information content (AvgIpc) is 2.18. The van der Waals surface area contributed by atoms with Crippen LogP contribution < -0.4 is 16.0 Å². The molecule has 0 fully saturated rings. The molecule has 4 nitrogen and oxygen atoms in total. The van der Waals surface area contributed by atoms with E-state index in [0.717, 1.165) is 0 Å². The Labute approximate surface area is 88.8 Å². The molecule has 0 aromatic heterocycles. The second kappa shape index (κ2) is 5.06. The number of methoxy groups -OCH3 is 1. The van der Waals surface area contributed by atoms with Crippen LogP contribution in [0.4, 0.5) is 4.39 Å². The van der Waals surface area contributed by atoms with Crippen LogP contribution in [0.1, 0.15) is 11.7 Å². The third kappa shape index (κ3) is 2.65. The maximum absolute atomic E-state index is 13.1. The van der Waals surface area contributed by atoms with Gasteiger partial charge in [-0.25, -0.2) is 9.82 Å². The molecule has 0 aliphatic carbocycles. The Hall–Kier alpha value is -1.17. The predicted molar refractivity (Wildman–Crippen MR) is 56.7 cm³/mol. The standard InChI is InChI=1S/C10H16FN3O/c1-14(2)10(13-12)8-6-7(11)4-5-9(8)15-3/h4-6,10,13H,12H2,1-3H3. The zero-order valence-corrected chi connectivity index (χ0v) is 9.12. The fourth-order valence-corrected chi connectivity index (χ4v) is 1.44. The molecule has 1 atom stereocenters. The van der Waals surface area contributed by atoms with Gasteiger partial charge >= 0.3 is 0 Å². The van der Waals surface area contributed by atoms with Crippen molar-refractivity contribution in [3.05, 3.63) is 29.6 Å². The minimum Gasteiger partial charge on any atom is -0.496 e. The van der Waals surface area contributed by atoms with Crippen molar-refractivity contribution >= 4 is 0 Å². The molecule has 1 rings (SSSR count). The van der Waals surface area contributed by atoms with Crippen LogP contribution >= 0.6 is 0 Å². The van der Waals surface area contributed by atoms with Crippen molar-refractivity contribution in [1.82, 2.24) is 10.3 Å². The molecule has 0 amide bonds. The summed E-state index contributed by atoms with van der Waals surface area (Å²) in [7, 11) is 5.23. The fourth-order valence-electron chi connectivity index (χ4n) is 1.44. The lowest BCUT2D eigenvalue weighted by atomic mass is 10.1. The second-order valence-electron chi connectivity index (χ2n) is 3.42. The first-order valence-corrected chi connectivity index (χ1v) is 4.56. The fraction of sp³-hybridized carbons (Fsp3) is 0.400. The number of nitrogens with zero attached hydrogens (tertiary/aromatic N) is 1. The summed E-state index contributed by atoms with van der Waals surface area (Å²) in [6.07, 6.45) is -0.282. The molecular formula is C10H16FN3O. The number of benzene rings is 1. The van der Waals surface area contributed by atoms with E-state index in [-0.39, 0.29) is 12.0 Å². The van der Waals surface area contributed by atoms with Crippen LogP contribution in [0.3, 0.4) is 0 Å². The van der Waals surface area contributed by atoms with E-state index in [1.807, 2.05) is 19.0 Å². The molecule has 3 N–H and O–H groups in total. The topological polar surface area (TPSA) is 50.5 Å². The van der Waals surface area contributed by atoms with Crippen LogP contribution in [-0.4, -0.2) is 26.1 Å². The van der Waals surface area contributed by atoms with Crippen molar-refractivity contribution in [1.29, 1.82) is 0 Å². The third-order valence-electron chi connectivity index (χ3n) is 2.16. The van der Waals surface area contributed by atoms with Crippen LogP contribution in [0, 0.1) is 5.82 Å². The van der Waals surface area contributed by atoms with E-state index < -0.39 is 0 Å². The number of hydrogen-bond donors (Lipinski definition) is 2. The highest BCUT2D eigenvalue weighted by molar-refractivity contribution is 5.36. The average molecular weight is 213 g/mol. The Morgan fingerprint density at radius 3 is 2.60 bits per heavy atom. The van der Waals surface area contributed by atoms with E-state index in [0.29, 0.717) is 11.3 Å². The maximum atomic E-state index is 13.1. The Balaban J connectivity index is 3.13. The smallest absolute Gasteiger partial charge is 0.125 e. The van der Waals surface area contributed by atoms with E-state index in [1.165, 1.54) is 12.1 Å². The minimum absolute atomic E-state index is 0.282. The summed E-state index contributed by atoms with van der Waals surface area (Å²) in [5, 5.41) is 0. The molecule has 0 radical (unpaired) electrons. The van der Waals surface area contributed by atoms with E-state index in [1.54, 1.807) is 13.2 Å². The molecule has 0 heterocycles. The number of nitrogens with one attached hydrogen (secondary N) is 1. The van der Waals surface area contributed by atoms with E-state index >= 15 is 0 Å². The van der Waals surface area contributed by atoms with Gasteiger partial charge in [0.15, 0.2) is 0 Å². The molecule has 0 spiro atoms. The van der Waals surface area contributed by atoms with E-state index in [9.17, 15) is 4.39 Å². The summed E-state index contributed by atoms with van der Waals surface area (Å²) in [6, 6.07) is 4.34. The van der Waals surface area contributed by atoms with Crippen molar-refractivity contribution in [3.63, 3.8) is 0 Å². The Kier molecular flexibility index (Phi) is 4.02. The van der Waals surface area contributed by atoms with Gasteiger partial charge in [-0.3, -0.25) is 10.7 Å². The third-order valence-corrected chi connectivity index (χ3v) is 2.16. The van der Waals surface area contributed by atoms with Crippen LogP contribution in [0.2, 0.25) is 0 Å². The van der Waals surface area contributed by atoms with Crippen LogP contribution in [-0.2, 0) is 0 Å². The molecule has 1 unspecified atom stereocenters. The number of nitrogens with two attached hydrogens (primary N) is 1. The first-order chi connectivity index (χ1) is 7.10. The van der Waals surface area contributed by atoms with Crippen molar-refractivity contribution < 1.29 is 9.13 Å². The van der Waals surface area contributed by atoms with Gasteiger partial charge in [0.2, 0.25) is 0 Å². The van der Waals surface area contributed by atoms with Gasteiger partial charge in [-0.2, -0.15) is 0 Å². The van der Waals surface area contributed by atoms with Crippen molar-refractivity contribution in [2.75, 3.05) is 21.2 Å². The zero-order chi connectivity index (χ0) is 11.4. The molecule has 0 bridgehead atoms. The Bertz CT molecular complexity index is 330. The SMILES string of the molecule is COc1ccc(F)cc1C(NN)N(C)C. The Morgan fingerprint density at radius 2 is 2.13 bits per heavy atom. The second-order valence-corrected chi connectivity index (χ2v) is 3.42. The molecule has 0 saturated heterocycles. The van der Waals surface area contributed by atoms with Crippen molar-refractivity contribution in [2.45, 2.75) is 6.17 Å². The molecule has 1 aromatic rings. The summed E-state index contributed by atoms with van der Waals surface area (Å²) >= 11 is 0. The van der Waals surface area contributed by atoms with Gasteiger partial charge in [-0.1, -0.05) is 0 Å². The van der Waals surface area contributed by atoms with Gasteiger partial charge in [0, 0.05) is 5.56 Å². The number of hydrogen-bond acceptors (Lipinski definition) is 4. The summed E-state index contributed by atoms with van der Waals surface area (Å²) in [4.78, 5) is 1.83. The van der Waals surface area contributed by atoms with Gasteiger partial charge < -0.3 is 4.74 Å². The lowest BCUT2D eigenvalue weighted by Crippen LogP contribution is -2.38. The summed E-state index contributed by atoms with van der Waals surface area (Å²) in [5.41, 5.74) is 3.27. The minimum atomic E-state index is -0.312. The molecule has 1 aromatic carbocycles. The number of ether oxygens (including phenoxy) is 1. The molecule has 5 heteroatoms. The van der Waals surface area contributed by atoms with Crippen molar-refractivity contribution in [2.24, 2.45) is 5.84 Å². The van der Waals surface area contributed by atoms with Crippen molar-refractivity contribution in [3.8, 4) is 5.75 Å². The molecule has 0 aliphatic rings. The zero-order valence-electron chi connectivity index (χ0n) is 9.12. The highest BCUT2D eigenvalue weighted by atomic mass is 19.1. The lowest BCUT2D eigenvalue weighted by molar-refractivity contribution is 0.245. The van der Waals surface area contributed by atoms with Crippen LogP contribution in [0.15, 0.2) is 18.2 Å². The van der Waals surface area contributed by atoms with Crippen LogP contribution in [0.25, 0.3) is 0 Å². The number of halogens is 1. The van der Waals surface area contributed by atoms with E-state index in [4.69, 9.17) is 10.6 Å². The first kappa shape index (κ1) is 11.9. The van der Waals surface area contributed by atoms with Gasteiger partial charge in [0.1, 0.15) is 17.7 Å². The number of hydrazine groups is 1. The van der Waals surface area contributed by atoms with Gasteiger partial charge in [0.05, 0.1) is 7.11 Å². The van der Waals surface area contributed by atoms with E-state index in [2.05, 4.69) is 5.43 Å². The normalized spacial score (nSPS) is 12.9. The molecule has 15 heavy (non-hydrogen) atoms. The maximum Gasteiger partial charge on any atom is 0.125 e.